The molecule has 1 nitrogen and oxygen atoms in total. The molecule has 1 rings (SSSR count). The van der Waals surface area contributed by atoms with Gasteiger partial charge in [0.25, 0.3) is 0 Å². The Labute approximate surface area is 56.5 Å². The summed E-state index contributed by atoms with van der Waals surface area (Å²) in [6, 6.07) is 9.10. The Hall–Kier alpha value is -2.98. The summed E-state index contributed by atoms with van der Waals surface area (Å²) in [7, 11) is 0. The van der Waals surface area contributed by atoms with Gasteiger partial charge in [-0.25, -0.2) is 0 Å². The molecule has 0 radical (unpaired) electrons. The van der Waals surface area contributed by atoms with Gasteiger partial charge in [0.05, 0.1) is 0 Å². The second kappa shape index (κ2) is 10.1. The van der Waals surface area contributed by atoms with E-state index in [1.807, 2.05) is 32.0 Å². The molecular formula is C8H12NRf2-. The van der Waals surface area contributed by atoms with E-state index in [-0.39, 0.29) is 0 Å². The molecule has 0 unspecified atom stereocenters. The summed E-state index contributed by atoms with van der Waals surface area (Å²) >= 11 is 0. The van der Waals surface area contributed by atoms with Crippen LogP contribution in [-0.2, 0) is 0 Å². The third-order valence-electron chi connectivity index (χ3n) is 0.774. The molecule has 0 heterocycles. The second-order valence-corrected chi connectivity index (χ2v) is 1.37. The minimum absolute atomic E-state index is 0. The van der Waals surface area contributed by atoms with Crippen LogP contribution in [0.5, 0.6) is 0 Å². The zero-order chi connectivity index (χ0) is 7.11. The summed E-state index contributed by atoms with van der Waals surface area (Å²) in [5.41, 5.74) is 7.57. The van der Waals surface area contributed by atoms with Crippen molar-refractivity contribution in [3.8, 4) is 0 Å². The summed E-state index contributed by atoms with van der Waals surface area (Å²) in [6.07, 6.45) is 0. The first-order chi connectivity index (χ1) is 4.39. The Morgan fingerprint density at radius 1 is 0.909 bits per heavy atom. The number of benzene rings is 1. The van der Waals surface area contributed by atoms with Crippen LogP contribution in [-0.4, -0.2) is 0 Å². The maximum Gasteiger partial charge on any atom is 0 e. The van der Waals surface area contributed by atoms with Gasteiger partial charge >= 0.3 is 0 Å². The van der Waals surface area contributed by atoms with Crippen LogP contribution >= 0.6 is 0 Å². The largest absolute Gasteiger partial charge is 0.699 e. The number of rotatable bonds is 0. The van der Waals surface area contributed by atoms with E-state index >= 15 is 0 Å². The molecule has 3 heteroatoms. The quantitative estimate of drug-likeness (QED) is 0.410. The van der Waals surface area contributed by atoms with Crippen LogP contribution in [0.3, 0.4) is 0 Å². The van der Waals surface area contributed by atoms with Crippen molar-refractivity contribution >= 4 is 5.69 Å². The van der Waals surface area contributed by atoms with Crippen molar-refractivity contribution in [1.82, 2.24) is 0 Å². The Morgan fingerprint density at radius 3 is 1.45 bits per heavy atom. The van der Waals surface area contributed by atoms with Gasteiger partial charge in [-0.1, -0.05) is 44.2 Å². The van der Waals surface area contributed by atoms with E-state index in [0.29, 0.717) is 5.69 Å². The van der Waals surface area contributed by atoms with Crippen molar-refractivity contribution in [2.45, 2.75) is 13.8 Å². The number of nitrogens with one attached hydrogen (secondary N) is 1. The first kappa shape index (κ1) is 15.7. The van der Waals surface area contributed by atoms with Crippen molar-refractivity contribution in [3.63, 3.8) is 0 Å². The summed E-state index contributed by atoms with van der Waals surface area (Å²) in [5, 5.41) is 0. The maximum absolute atomic E-state index is 7.00. The fourth-order valence-corrected chi connectivity index (χ4v) is 0.438. The van der Waals surface area contributed by atoms with Crippen LogP contribution in [0.25, 0.3) is 5.73 Å². The van der Waals surface area contributed by atoms with Gasteiger partial charge in [-0.15, -0.1) is 5.69 Å². The number of hydrogen-bond donors (Lipinski definition) is 0. The van der Waals surface area contributed by atoms with Crippen molar-refractivity contribution in [3.05, 3.63) is 36.1 Å². The van der Waals surface area contributed by atoms with Crippen LogP contribution < -0.4 is 0 Å². The second-order valence-electron chi connectivity index (χ2n) is 1.37. The van der Waals surface area contributed by atoms with Crippen molar-refractivity contribution in [2.24, 2.45) is 0 Å². The summed E-state index contributed by atoms with van der Waals surface area (Å²) in [6.45, 7) is 4.00. The molecular weight excluding hydrogens is 644 g/mol. The summed E-state index contributed by atoms with van der Waals surface area (Å²) in [5.74, 6) is 0. The van der Waals surface area contributed by atoms with Crippen molar-refractivity contribution in [2.75, 3.05) is 0 Å². The van der Waals surface area contributed by atoms with Crippen molar-refractivity contribution < 1.29 is 0 Å². The molecule has 1 N–H and O–H groups in total. The first-order valence-corrected chi connectivity index (χ1v) is 3.16. The molecule has 0 saturated heterocycles. The molecule has 54 valence electrons. The van der Waals surface area contributed by atoms with E-state index in [4.69, 9.17) is 5.73 Å². The Balaban J connectivity index is -0.000000149. The minimum Gasteiger partial charge on any atom is -0.699 e. The molecule has 0 saturated carbocycles. The average molecular weight is 656 g/mol. The zero-order valence-corrected chi connectivity index (χ0v) is 20.1. The topological polar surface area (TPSA) is 23.8 Å². The molecule has 0 spiro atoms. The Bertz CT molecular complexity index is 142. The van der Waals surface area contributed by atoms with Crippen LogP contribution in [0.2, 0.25) is 0 Å². The SMILES string of the molecule is CC.[NH-]c1ccccc1.[Rf].[Rf]. The van der Waals surface area contributed by atoms with Gasteiger partial charge in [-0.2, -0.15) is 0 Å². The third-order valence-corrected chi connectivity index (χ3v) is 0.774. The molecule has 0 aromatic heterocycles. The van der Waals surface area contributed by atoms with Gasteiger partial charge in [0.1, 0.15) is 0 Å². The molecule has 0 aliphatic heterocycles. The fourth-order valence-electron chi connectivity index (χ4n) is 0.438. The van der Waals surface area contributed by atoms with Gasteiger partial charge in [-0.05, 0) is 0 Å². The molecule has 1 aromatic carbocycles. The van der Waals surface area contributed by atoms with Gasteiger partial charge in [0.15, 0.2) is 0 Å². The van der Waals surface area contributed by atoms with Crippen molar-refractivity contribution in [1.29, 1.82) is 0 Å². The van der Waals surface area contributed by atoms with Gasteiger partial charge in [0.2, 0.25) is 0 Å². The zero-order valence-electron chi connectivity index (χ0n) is 7.30. The first-order valence-electron chi connectivity index (χ1n) is 3.16. The molecule has 0 atom stereocenters. The standard InChI is InChI=1S/C6H6N.C2H6.2Rf/c7-6-4-2-1-3-5-6;1-2;;/h1-5,7H;1-2H3;;/q-1;;;. The average Bonchev–Trinajstić information content (AvgIpc) is 1.94. The van der Waals surface area contributed by atoms with E-state index in [2.05, 4.69) is 0 Å². The normalized spacial score (nSPS) is 6.00. The molecule has 11 heavy (non-hydrogen) atoms. The molecule has 1 aromatic rings. The van der Waals surface area contributed by atoms with E-state index in [1.165, 1.54) is 0 Å². The van der Waals surface area contributed by atoms with Gasteiger partial charge < -0.3 is 5.73 Å². The fraction of sp³-hybridized carbons (Fsp3) is 0.250. The molecule has 0 fully saturated rings. The predicted molar refractivity (Wildman–Crippen MR) is 41.8 cm³/mol. The Kier molecular flexibility index (Phi) is 14.4. The smallest absolute Gasteiger partial charge is 0 e. The van der Waals surface area contributed by atoms with Gasteiger partial charge in [-0.3, -0.25) is 0 Å². The van der Waals surface area contributed by atoms with Crippen LogP contribution in [0.4, 0.5) is 5.69 Å². The summed E-state index contributed by atoms with van der Waals surface area (Å²) in [4.78, 5) is 0. The van der Waals surface area contributed by atoms with E-state index in [9.17, 15) is 0 Å². The maximum atomic E-state index is 7.00. The molecule has 0 bridgehead atoms. The van der Waals surface area contributed by atoms with E-state index < -0.39 is 0 Å². The molecule has 0 aliphatic rings. The van der Waals surface area contributed by atoms with Crippen LogP contribution in [0.15, 0.2) is 30.3 Å². The predicted octanol–water partition coefficient (Wildman–Crippen LogP) is 3.40. The van der Waals surface area contributed by atoms with Crippen LogP contribution in [0, 0.1) is 0 Å². The molecule has 0 amide bonds. The van der Waals surface area contributed by atoms with E-state index in [1.54, 1.807) is 12.1 Å². The third kappa shape index (κ3) is 7.02. The summed E-state index contributed by atoms with van der Waals surface area (Å²) < 4.78 is 0. The van der Waals surface area contributed by atoms with Crippen LogP contribution in [0.1, 0.15) is 13.8 Å². The Morgan fingerprint density at radius 2 is 1.27 bits per heavy atom. The monoisotopic (exact) mass is 656 g/mol. The van der Waals surface area contributed by atoms with E-state index in [0.717, 1.165) is 0 Å². The number of hydrogen-bond acceptors (Lipinski definition) is 0. The minimum atomic E-state index is 0. The molecule has 0 aliphatic carbocycles. The van der Waals surface area contributed by atoms with Gasteiger partial charge in [0, 0.05) is 0 Å².